The molecule has 0 fully saturated rings. The third-order valence-electron chi connectivity index (χ3n) is 4.19. The summed E-state index contributed by atoms with van der Waals surface area (Å²) in [7, 11) is 0. The number of fused-ring (bicyclic) bond motifs is 1. The predicted octanol–water partition coefficient (Wildman–Crippen LogP) is 2.98. The molecule has 0 spiro atoms. The van der Waals surface area contributed by atoms with Crippen LogP contribution >= 0.6 is 0 Å². The zero-order valence-electron chi connectivity index (χ0n) is 15.4. The van der Waals surface area contributed by atoms with Gasteiger partial charge in [-0.25, -0.2) is 4.79 Å². The van der Waals surface area contributed by atoms with Crippen LogP contribution in [0.3, 0.4) is 0 Å². The number of carbonyl (C=O) groups is 2. The highest BCUT2D eigenvalue weighted by Gasteiger charge is 2.13. The maximum Gasteiger partial charge on any atom is 0.315 e. The Morgan fingerprint density at radius 1 is 1.11 bits per heavy atom. The topological polar surface area (TPSA) is 88.7 Å². The highest BCUT2D eigenvalue weighted by atomic mass is 16.7. The van der Waals surface area contributed by atoms with E-state index in [9.17, 15) is 9.59 Å². The Bertz CT molecular complexity index is 838. The molecule has 2 aromatic rings. The number of nitrogens with one attached hydrogen (secondary N) is 3. The number of rotatable bonds is 6. The second-order valence-corrected chi connectivity index (χ2v) is 6.37. The van der Waals surface area contributed by atoms with E-state index < -0.39 is 0 Å². The largest absolute Gasteiger partial charge is 0.454 e. The van der Waals surface area contributed by atoms with E-state index in [1.807, 2.05) is 49.4 Å². The van der Waals surface area contributed by atoms with Crippen LogP contribution in [0.4, 0.5) is 10.5 Å². The van der Waals surface area contributed by atoms with Gasteiger partial charge < -0.3 is 25.4 Å². The van der Waals surface area contributed by atoms with Crippen LogP contribution in [-0.4, -0.2) is 25.3 Å². The van der Waals surface area contributed by atoms with Gasteiger partial charge in [0.1, 0.15) is 0 Å². The van der Waals surface area contributed by atoms with E-state index in [1.165, 1.54) is 6.92 Å². The van der Waals surface area contributed by atoms with E-state index in [0.29, 0.717) is 18.7 Å². The molecule has 0 radical (unpaired) electrons. The fourth-order valence-corrected chi connectivity index (χ4v) is 2.84. The van der Waals surface area contributed by atoms with Crippen molar-refractivity contribution in [3.63, 3.8) is 0 Å². The summed E-state index contributed by atoms with van der Waals surface area (Å²) in [5, 5.41) is 8.49. The van der Waals surface area contributed by atoms with Gasteiger partial charge in [0.15, 0.2) is 11.5 Å². The Morgan fingerprint density at radius 3 is 2.74 bits per heavy atom. The average Bonchev–Trinajstić information content (AvgIpc) is 3.09. The van der Waals surface area contributed by atoms with Crippen LogP contribution in [0.25, 0.3) is 0 Å². The molecule has 142 valence electrons. The number of ether oxygens (including phenoxy) is 2. The van der Waals surface area contributed by atoms with Crippen LogP contribution < -0.4 is 25.4 Å². The molecule has 0 bridgehead atoms. The first-order chi connectivity index (χ1) is 13.0. The van der Waals surface area contributed by atoms with E-state index in [1.54, 1.807) is 0 Å². The van der Waals surface area contributed by atoms with Crippen LogP contribution in [0.2, 0.25) is 0 Å². The molecule has 1 atom stereocenters. The van der Waals surface area contributed by atoms with E-state index in [-0.39, 0.29) is 24.8 Å². The molecule has 2 aromatic carbocycles. The molecular formula is C20H23N3O4. The molecule has 7 heteroatoms. The van der Waals surface area contributed by atoms with Crippen molar-refractivity contribution in [2.24, 2.45) is 0 Å². The quantitative estimate of drug-likeness (QED) is 0.730. The Balaban J connectivity index is 1.47. The second kappa shape index (κ2) is 8.44. The van der Waals surface area contributed by atoms with Crippen molar-refractivity contribution in [2.45, 2.75) is 26.3 Å². The van der Waals surface area contributed by atoms with E-state index in [0.717, 1.165) is 22.6 Å². The van der Waals surface area contributed by atoms with Crippen LogP contribution in [0, 0.1) is 0 Å². The van der Waals surface area contributed by atoms with Gasteiger partial charge in [-0.2, -0.15) is 0 Å². The van der Waals surface area contributed by atoms with Gasteiger partial charge >= 0.3 is 6.03 Å². The first-order valence-electron chi connectivity index (χ1n) is 8.82. The molecule has 1 heterocycles. The molecular weight excluding hydrogens is 346 g/mol. The third-order valence-corrected chi connectivity index (χ3v) is 4.19. The first-order valence-corrected chi connectivity index (χ1v) is 8.82. The van der Waals surface area contributed by atoms with Gasteiger partial charge in [0, 0.05) is 19.2 Å². The van der Waals surface area contributed by atoms with Gasteiger partial charge in [-0.1, -0.05) is 18.2 Å². The van der Waals surface area contributed by atoms with Crippen molar-refractivity contribution >= 4 is 17.6 Å². The maximum atomic E-state index is 12.1. The summed E-state index contributed by atoms with van der Waals surface area (Å²) in [6.45, 7) is 4.11. The van der Waals surface area contributed by atoms with E-state index in [4.69, 9.17) is 9.47 Å². The molecule has 1 unspecified atom stereocenters. The standard InChI is InChI=1S/C20H23N3O4/c1-13(16-4-3-5-17(11-16)23-14(2)24)22-20(25)21-9-8-15-6-7-18-19(10-15)27-12-26-18/h3-7,10-11,13H,8-9,12H2,1-2H3,(H,23,24)(H2,21,22,25). The summed E-state index contributed by atoms with van der Waals surface area (Å²) in [5.41, 5.74) is 2.68. The molecule has 3 rings (SSSR count). The molecule has 0 saturated heterocycles. The predicted molar refractivity (Wildman–Crippen MR) is 102 cm³/mol. The number of benzene rings is 2. The van der Waals surface area contributed by atoms with Crippen molar-refractivity contribution in [1.82, 2.24) is 10.6 Å². The molecule has 0 aromatic heterocycles. The summed E-state index contributed by atoms with van der Waals surface area (Å²) in [6, 6.07) is 12.7. The fourth-order valence-electron chi connectivity index (χ4n) is 2.84. The Kier molecular flexibility index (Phi) is 5.80. The minimum absolute atomic E-state index is 0.131. The van der Waals surface area contributed by atoms with Gasteiger partial charge in [-0.3, -0.25) is 4.79 Å². The zero-order valence-corrected chi connectivity index (χ0v) is 15.4. The second-order valence-electron chi connectivity index (χ2n) is 6.37. The highest BCUT2D eigenvalue weighted by molar-refractivity contribution is 5.88. The van der Waals surface area contributed by atoms with Crippen molar-refractivity contribution in [2.75, 3.05) is 18.7 Å². The Hall–Kier alpha value is -3.22. The van der Waals surface area contributed by atoms with Crippen LogP contribution in [0.5, 0.6) is 11.5 Å². The lowest BCUT2D eigenvalue weighted by Gasteiger charge is -2.16. The van der Waals surface area contributed by atoms with Crippen molar-refractivity contribution < 1.29 is 19.1 Å². The van der Waals surface area contributed by atoms with Crippen molar-refractivity contribution in [3.05, 3.63) is 53.6 Å². The number of urea groups is 1. The van der Waals surface area contributed by atoms with Crippen LogP contribution in [-0.2, 0) is 11.2 Å². The number of hydrogen-bond acceptors (Lipinski definition) is 4. The number of anilines is 1. The Morgan fingerprint density at radius 2 is 1.93 bits per heavy atom. The zero-order chi connectivity index (χ0) is 19.2. The first kappa shape index (κ1) is 18.6. The molecule has 3 N–H and O–H groups in total. The molecule has 7 nitrogen and oxygen atoms in total. The average molecular weight is 369 g/mol. The van der Waals surface area contributed by atoms with Gasteiger partial charge in [0.25, 0.3) is 0 Å². The van der Waals surface area contributed by atoms with Crippen molar-refractivity contribution in [3.8, 4) is 11.5 Å². The minimum atomic E-state index is -0.242. The number of hydrogen-bond donors (Lipinski definition) is 3. The summed E-state index contributed by atoms with van der Waals surface area (Å²) in [6.07, 6.45) is 0.691. The summed E-state index contributed by atoms with van der Waals surface area (Å²) in [4.78, 5) is 23.3. The molecule has 27 heavy (non-hydrogen) atoms. The summed E-state index contributed by atoms with van der Waals surface area (Å²) >= 11 is 0. The van der Waals surface area contributed by atoms with E-state index >= 15 is 0 Å². The number of carbonyl (C=O) groups excluding carboxylic acids is 2. The monoisotopic (exact) mass is 369 g/mol. The van der Waals surface area contributed by atoms with Crippen molar-refractivity contribution in [1.29, 1.82) is 0 Å². The number of amides is 3. The molecule has 0 saturated carbocycles. The lowest BCUT2D eigenvalue weighted by Crippen LogP contribution is -2.38. The maximum absolute atomic E-state index is 12.1. The van der Waals surface area contributed by atoms with Gasteiger partial charge in [-0.15, -0.1) is 0 Å². The van der Waals surface area contributed by atoms with Gasteiger partial charge in [0.2, 0.25) is 12.7 Å². The van der Waals surface area contributed by atoms with Crippen LogP contribution in [0.1, 0.15) is 31.0 Å². The Labute approximate surface area is 158 Å². The highest BCUT2D eigenvalue weighted by Crippen LogP contribution is 2.32. The lowest BCUT2D eigenvalue weighted by atomic mass is 10.1. The van der Waals surface area contributed by atoms with E-state index in [2.05, 4.69) is 16.0 Å². The normalized spacial score (nSPS) is 13.0. The molecule has 3 amide bonds. The van der Waals surface area contributed by atoms with Crippen LogP contribution in [0.15, 0.2) is 42.5 Å². The third kappa shape index (κ3) is 5.13. The minimum Gasteiger partial charge on any atom is -0.454 e. The SMILES string of the molecule is CC(=O)Nc1cccc(C(C)NC(=O)NCCc2ccc3c(c2)OCO3)c1. The smallest absolute Gasteiger partial charge is 0.315 e. The molecule has 1 aliphatic rings. The van der Waals surface area contributed by atoms with Gasteiger partial charge in [-0.05, 0) is 48.7 Å². The van der Waals surface area contributed by atoms with Gasteiger partial charge in [0.05, 0.1) is 6.04 Å². The molecule has 0 aliphatic carbocycles. The summed E-state index contributed by atoms with van der Waals surface area (Å²) in [5.74, 6) is 1.36. The lowest BCUT2D eigenvalue weighted by molar-refractivity contribution is -0.114. The molecule has 1 aliphatic heterocycles. The fraction of sp³-hybridized carbons (Fsp3) is 0.300. The summed E-state index contributed by atoms with van der Waals surface area (Å²) < 4.78 is 10.6.